The third-order valence-corrected chi connectivity index (χ3v) is 3.54. The van der Waals surface area contributed by atoms with Gasteiger partial charge in [-0.2, -0.15) is 11.3 Å². The lowest BCUT2D eigenvalue weighted by Gasteiger charge is -2.32. The van der Waals surface area contributed by atoms with E-state index in [1.165, 1.54) is 0 Å². The van der Waals surface area contributed by atoms with Crippen LogP contribution in [0.3, 0.4) is 0 Å². The number of rotatable bonds is 4. The van der Waals surface area contributed by atoms with Crippen LogP contribution in [0.2, 0.25) is 0 Å². The van der Waals surface area contributed by atoms with E-state index in [1.54, 1.807) is 16.2 Å². The van der Waals surface area contributed by atoms with Crippen molar-refractivity contribution in [1.82, 2.24) is 10.2 Å². The average molecular weight is 252 g/mol. The third kappa shape index (κ3) is 2.85. The Hall–Kier alpha value is -1.36. The number of amides is 2. The van der Waals surface area contributed by atoms with E-state index in [-0.39, 0.29) is 24.4 Å². The van der Waals surface area contributed by atoms with E-state index in [4.69, 9.17) is 0 Å². The maximum Gasteiger partial charge on any atom is 0.245 e. The number of nitrogens with one attached hydrogen (secondary N) is 1. The first-order valence-electron chi connectivity index (χ1n) is 5.80. The number of nitrogens with zero attached hydrogens (tertiary/aromatic N) is 1. The highest BCUT2D eigenvalue weighted by atomic mass is 32.1. The quantitative estimate of drug-likeness (QED) is 0.880. The van der Waals surface area contributed by atoms with Crippen molar-refractivity contribution in [3.63, 3.8) is 0 Å². The van der Waals surface area contributed by atoms with Crippen LogP contribution in [0.15, 0.2) is 16.8 Å². The molecule has 0 aromatic carbocycles. The highest BCUT2D eigenvalue weighted by Gasteiger charge is 2.31. The molecular weight excluding hydrogens is 236 g/mol. The summed E-state index contributed by atoms with van der Waals surface area (Å²) in [6.45, 7) is 2.72. The lowest BCUT2D eigenvalue weighted by Crippen LogP contribution is -2.57. The van der Waals surface area contributed by atoms with Gasteiger partial charge < -0.3 is 10.2 Å². The summed E-state index contributed by atoms with van der Waals surface area (Å²) in [5.41, 5.74) is 1.09. The number of hydrogen-bond donors (Lipinski definition) is 1. The summed E-state index contributed by atoms with van der Waals surface area (Å²) in [7, 11) is 0. The summed E-state index contributed by atoms with van der Waals surface area (Å²) in [5, 5.41) is 6.74. The minimum atomic E-state index is -0.333. The summed E-state index contributed by atoms with van der Waals surface area (Å²) >= 11 is 1.60. The standard InChI is InChI=1S/C12H16N2O2S/c1-2-3-10-12(16)14(7-11(15)13-10)6-9-4-5-17-8-9/h4-5,8,10H,2-3,6-7H2,1H3,(H,13,15). The Kier molecular flexibility index (Phi) is 3.78. The van der Waals surface area contributed by atoms with Gasteiger partial charge in [0.15, 0.2) is 0 Å². The van der Waals surface area contributed by atoms with Gasteiger partial charge in [-0.05, 0) is 28.8 Å². The van der Waals surface area contributed by atoms with E-state index in [2.05, 4.69) is 5.32 Å². The number of carbonyl (C=O) groups excluding carboxylic acids is 2. The molecule has 2 amide bonds. The molecule has 1 unspecified atom stereocenters. The lowest BCUT2D eigenvalue weighted by atomic mass is 10.1. The van der Waals surface area contributed by atoms with E-state index >= 15 is 0 Å². The molecule has 1 aromatic rings. The van der Waals surface area contributed by atoms with Gasteiger partial charge in [0.05, 0.1) is 6.54 Å². The molecule has 17 heavy (non-hydrogen) atoms. The fraction of sp³-hybridized carbons (Fsp3) is 0.500. The van der Waals surface area contributed by atoms with Crippen LogP contribution in [0.1, 0.15) is 25.3 Å². The highest BCUT2D eigenvalue weighted by Crippen LogP contribution is 2.14. The van der Waals surface area contributed by atoms with Crippen molar-refractivity contribution in [2.45, 2.75) is 32.4 Å². The van der Waals surface area contributed by atoms with Crippen LogP contribution in [-0.2, 0) is 16.1 Å². The van der Waals surface area contributed by atoms with Crippen molar-refractivity contribution < 1.29 is 9.59 Å². The molecule has 2 rings (SSSR count). The van der Waals surface area contributed by atoms with Crippen LogP contribution in [0.4, 0.5) is 0 Å². The second-order valence-electron chi connectivity index (χ2n) is 4.23. The molecule has 0 radical (unpaired) electrons. The SMILES string of the molecule is CCCC1NC(=O)CN(Cc2ccsc2)C1=O. The molecule has 1 fully saturated rings. The van der Waals surface area contributed by atoms with Crippen molar-refractivity contribution in [3.05, 3.63) is 22.4 Å². The van der Waals surface area contributed by atoms with Gasteiger partial charge in [0.2, 0.25) is 11.8 Å². The molecule has 4 nitrogen and oxygen atoms in total. The molecule has 5 heteroatoms. The highest BCUT2D eigenvalue weighted by molar-refractivity contribution is 7.07. The molecule has 1 atom stereocenters. The van der Waals surface area contributed by atoms with Gasteiger partial charge in [0.1, 0.15) is 6.04 Å². The third-order valence-electron chi connectivity index (χ3n) is 2.81. The first-order chi connectivity index (χ1) is 8.20. The molecule has 1 N–H and O–H groups in total. The Bertz CT molecular complexity index is 403. The van der Waals surface area contributed by atoms with Crippen LogP contribution >= 0.6 is 11.3 Å². The first kappa shape index (κ1) is 12.1. The molecule has 0 spiro atoms. The van der Waals surface area contributed by atoms with Crippen molar-refractivity contribution in [2.75, 3.05) is 6.54 Å². The van der Waals surface area contributed by atoms with Gasteiger partial charge in [-0.1, -0.05) is 13.3 Å². The Labute approximate surface area is 105 Å². The fourth-order valence-corrected chi connectivity index (χ4v) is 2.65. The predicted molar refractivity (Wildman–Crippen MR) is 66.6 cm³/mol. The first-order valence-corrected chi connectivity index (χ1v) is 6.74. The lowest BCUT2D eigenvalue weighted by molar-refractivity contribution is -0.145. The minimum Gasteiger partial charge on any atom is -0.343 e. The van der Waals surface area contributed by atoms with Crippen LogP contribution in [0.25, 0.3) is 0 Å². The van der Waals surface area contributed by atoms with Crippen molar-refractivity contribution in [1.29, 1.82) is 0 Å². The number of thiophene rings is 1. The maximum atomic E-state index is 12.1. The van der Waals surface area contributed by atoms with Crippen LogP contribution in [0.5, 0.6) is 0 Å². The van der Waals surface area contributed by atoms with Gasteiger partial charge in [-0.15, -0.1) is 0 Å². The van der Waals surface area contributed by atoms with Gasteiger partial charge >= 0.3 is 0 Å². The van der Waals surface area contributed by atoms with E-state index < -0.39 is 0 Å². The normalized spacial score (nSPS) is 20.5. The molecule has 0 bridgehead atoms. The number of piperazine rings is 1. The molecular formula is C12H16N2O2S. The molecule has 1 saturated heterocycles. The largest absolute Gasteiger partial charge is 0.343 e. The van der Waals surface area contributed by atoms with Crippen LogP contribution in [0, 0.1) is 0 Å². The van der Waals surface area contributed by atoms with Gasteiger partial charge in [0, 0.05) is 6.54 Å². The zero-order valence-corrected chi connectivity index (χ0v) is 10.6. The van der Waals surface area contributed by atoms with Gasteiger partial charge in [-0.25, -0.2) is 0 Å². The summed E-state index contributed by atoms with van der Waals surface area (Å²) < 4.78 is 0. The zero-order chi connectivity index (χ0) is 12.3. The summed E-state index contributed by atoms with van der Waals surface area (Å²) in [5.74, 6) is -0.0177. The molecule has 92 valence electrons. The van der Waals surface area contributed by atoms with Gasteiger partial charge in [0.25, 0.3) is 0 Å². The van der Waals surface area contributed by atoms with Crippen LogP contribution < -0.4 is 5.32 Å². The van der Waals surface area contributed by atoms with Crippen molar-refractivity contribution >= 4 is 23.2 Å². The molecule has 1 aliphatic heterocycles. The summed E-state index contributed by atoms with van der Waals surface area (Å²) in [6, 6.07) is 1.65. The fourth-order valence-electron chi connectivity index (χ4n) is 1.99. The van der Waals surface area contributed by atoms with Crippen LogP contribution in [-0.4, -0.2) is 29.3 Å². The van der Waals surface area contributed by atoms with Crippen molar-refractivity contribution in [3.8, 4) is 0 Å². The summed E-state index contributed by atoms with van der Waals surface area (Å²) in [4.78, 5) is 25.3. The Balaban J connectivity index is 2.05. The number of carbonyl (C=O) groups is 2. The monoisotopic (exact) mass is 252 g/mol. The Morgan fingerprint density at radius 2 is 2.35 bits per heavy atom. The topological polar surface area (TPSA) is 49.4 Å². The van der Waals surface area contributed by atoms with Gasteiger partial charge in [-0.3, -0.25) is 9.59 Å². The average Bonchev–Trinajstić information content (AvgIpc) is 2.78. The van der Waals surface area contributed by atoms with E-state index in [1.807, 2.05) is 23.8 Å². The zero-order valence-electron chi connectivity index (χ0n) is 9.81. The van der Waals surface area contributed by atoms with E-state index in [0.717, 1.165) is 12.0 Å². The maximum absolute atomic E-state index is 12.1. The predicted octanol–water partition coefficient (Wildman–Crippen LogP) is 1.38. The molecule has 0 aliphatic carbocycles. The second-order valence-corrected chi connectivity index (χ2v) is 5.01. The van der Waals surface area contributed by atoms with E-state index in [9.17, 15) is 9.59 Å². The second kappa shape index (κ2) is 5.31. The van der Waals surface area contributed by atoms with E-state index in [0.29, 0.717) is 13.0 Å². The summed E-state index contributed by atoms with van der Waals surface area (Å²) in [6.07, 6.45) is 1.60. The Morgan fingerprint density at radius 3 is 3.00 bits per heavy atom. The minimum absolute atomic E-state index is 0.0395. The molecule has 2 heterocycles. The van der Waals surface area contributed by atoms with Crippen molar-refractivity contribution in [2.24, 2.45) is 0 Å². The molecule has 1 aromatic heterocycles. The molecule has 0 saturated carbocycles. The smallest absolute Gasteiger partial charge is 0.245 e. The number of hydrogen-bond acceptors (Lipinski definition) is 3. The Morgan fingerprint density at radius 1 is 1.53 bits per heavy atom. The molecule has 1 aliphatic rings.